The number of aromatic nitrogens is 2. The number of hydrazone groups is 1. The van der Waals surface area contributed by atoms with Crippen molar-refractivity contribution in [1.82, 2.24) is 15.0 Å². The molecule has 2 aromatic heterocycles. The summed E-state index contributed by atoms with van der Waals surface area (Å²) in [5.74, 6) is -0.580. The number of benzene rings is 1. The molecule has 3 rings (SSSR count). The van der Waals surface area contributed by atoms with Crippen molar-refractivity contribution in [2.24, 2.45) is 5.10 Å². The van der Waals surface area contributed by atoms with Gasteiger partial charge in [0, 0.05) is 29.2 Å². The van der Waals surface area contributed by atoms with Crippen LogP contribution in [0.3, 0.4) is 0 Å². The molecule has 0 bridgehead atoms. The predicted octanol–water partition coefficient (Wildman–Crippen LogP) is 2.71. The Bertz CT molecular complexity index is 1000. The lowest BCUT2D eigenvalue weighted by atomic mass is 10.2. The molecule has 26 heavy (non-hydrogen) atoms. The molecule has 0 fully saturated rings. The van der Waals surface area contributed by atoms with Gasteiger partial charge in [-0.05, 0) is 29.8 Å². The quantitative estimate of drug-likeness (QED) is 0.557. The first-order chi connectivity index (χ1) is 12.6. The smallest absolute Gasteiger partial charge is 0.276 e. The van der Waals surface area contributed by atoms with Gasteiger partial charge in [-0.2, -0.15) is 5.10 Å². The Morgan fingerprint density at radius 3 is 2.81 bits per heavy atom. The van der Waals surface area contributed by atoms with E-state index in [4.69, 9.17) is 11.6 Å². The topological polar surface area (TPSA) is 76.3 Å². The SMILES string of the molecule is O=C(N/N=C\c1cccnc1)c1cccn(Cc2ccccc2Cl)c1=O. The van der Waals surface area contributed by atoms with Crippen LogP contribution in [0.1, 0.15) is 21.5 Å². The third-order valence-corrected chi connectivity index (χ3v) is 4.00. The Balaban J connectivity index is 1.76. The van der Waals surface area contributed by atoms with E-state index in [9.17, 15) is 9.59 Å². The molecule has 130 valence electrons. The van der Waals surface area contributed by atoms with Crippen LogP contribution in [0.25, 0.3) is 0 Å². The van der Waals surface area contributed by atoms with Gasteiger partial charge in [-0.1, -0.05) is 35.9 Å². The van der Waals surface area contributed by atoms with Crippen LogP contribution < -0.4 is 11.0 Å². The number of rotatable bonds is 5. The number of amides is 1. The number of nitrogens with one attached hydrogen (secondary N) is 1. The molecular formula is C19H15ClN4O2. The molecule has 0 aliphatic rings. The van der Waals surface area contributed by atoms with Crippen molar-refractivity contribution in [2.75, 3.05) is 0 Å². The molecule has 0 saturated heterocycles. The van der Waals surface area contributed by atoms with Gasteiger partial charge in [0.15, 0.2) is 0 Å². The van der Waals surface area contributed by atoms with E-state index in [1.54, 1.807) is 42.9 Å². The fourth-order valence-electron chi connectivity index (χ4n) is 2.32. The lowest BCUT2D eigenvalue weighted by Gasteiger charge is -2.09. The van der Waals surface area contributed by atoms with E-state index in [1.165, 1.54) is 16.8 Å². The van der Waals surface area contributed by atoms with Crippen molar-refractivity contribution in [3.63, 3.8) is 0 Å². The maximum absolute atomic E-state index is 12.6. The molecule has 0 aliphatic carbocycles. The average molecular weight is 367 g/mol. The molecule has 0 radical (unpaired) electrons. The summed E-state index contributed by atoms with van der Waals surface area (Å²) in [7, 11) is 0. The highest BCUT2D eigenvalue weighted by Crippen LogP contribution is 2.15. The molecule has 1 amide bonds. The molecule has 0 spiro atoms. The van der Waals surface area contributed by atoms with Gasteiger partial charge < -0.3 is 4.57 Å². The first-order valence-electron chi connectivity index (χ1n) is 7.81. The van der Waals surface area contributed by atoms with E-state index in [-0.39, 0.29) is 12.1 Å². The molecule has 0 saturated carbocycles. The minimum Gasteiger partial charge on any atom is -0.310 e. The number of nitrogens with zero attached hydrogens (tertiary/aromatic N) is 3. The Morgan fingerprint density at radius 1 is 1.19 bits per heavy atom. The molecular weight excluding hydrogens is 352 g/mol. The van der Waals surface area contributed by atoms with Crippen molar-refractivity contribution >= 4 is 23.7 Å². The van der Waals surface area contributed by atoms with Crippen LogP contribution in [-0.4, -0.2) is 21.7 Å². The van der Waals surface area contributed by atoms with Crippen molar-refractivity contribution in [3.8, 4) is 0 Å². The number of hydrogen-bond donors (Lipinski definition) is 1. The monoisotopic (exact) mass is 366 g/mol. The second-order valence-corrected chi connectivity index (χ2v) is 5.84. The van der Waals surface area contributed by atoms with Crippen LogP contribution in [0.2, 0.25) is 5.02 Å². The third kappa shape index (κ3) is 4.23. The van der Waals surface area contributed by atoms with Crippen molar-refractivity contribution in [3.05, 3.63) is 99.2 Å². The van der Waals surface area contributed by atoms with Crippen LogP contribution >= 0.6 is 11.6 Å². The summed E-state index contributed by atoms with van der Waals surface area (Å²) >= 11 is 6.14. The summed E-state index contributed by atoms with van der Waals surface area (Å²) in [5.41, 5.74) is 3.47. The van der Waals surface area contributed by atoms with Gasteiger partial charge in [-0.25, -0.2) is 5.43 Å². The second kappa shape index (κ2) is 8.22. The van der Waals surface area contributed by atoms with E-state index in [0.717, 1.165) is 11.1 Å². The third-order valence-electron chi connectivity index (χ3n) is 3.63. The molecule has 1 aromatic carbocycles. The second-order valence-electron chi connectivity index (χ2n) is 5.43. The molecule has 0 aliphatic heterocycles. The minimum absolute atomic E-state index is 0.00268. The number of carbonyl (C=O) groups is 1. The molecule has 1 N–H and O–H groups in total. The van der Waals surface area contributed by atoms with E-state index in [1.807, 2.05) is 18.2 Å². The fraction of sp³-hybridized carbons (Fsp3) is 0.0526. The fourth-order valence-corrected chi connectivity index (χ4v) is 2.52. The predicted molar refractivity (Wildman–Crippen MR) is 101 cm³/mol. The van der Waals surface area contributed by atoms with E-state index in [2.05, 4.69) is 15.5 Å². The summed E-state index contributed by atoms with van der Waals surface area (Å²) in [6.45, 7) is 0.276. The molecule has 2 heterocycles. The van der Waals surface area contributed by atoms with Gasteiger partial charge in [0.1, 0.15) is 5.56 Å². The van der Waals surface area contributed by atoms with Gasteiger partial charge in [0.05, 0.1) is 12.8 Å². The summed E-state index contributed by atoms with van der Waals surface area (Å²) in [6.07, 6.45) is 6.31. The van der Waals surface area contributed by atoms with Crippen molar-refractivity contribution < 1.29 is 4.79 Å². The highest BCUT2D eigenvalue weighted by Gasteiger charge is 2.12. The normalized spacial score (nSPS) is 10.8. The molecule has 0 atom stereocenters. The Morgan fingerprint density at radius 2 is 2.04 bits per heavy atom. The molecule has 3 aromatic rings. The van der Waals surface area contributed by atoms with Crippen molar-refractivity contribution in [1.29, 1.82) is 0 Å². The van der Waals surface area contributed by atoms with E-state index >= 15 is 0 Å². The van der Waals surface area contributed by atoms with Crippen LogP contribution in [-0.2, 0) is 6.54 Å². The maximum atomic E-state index is 12.6. The zero-order valence-electron chi connectivity index (χ0n) is 13.7. The van der Waals surface area contributed by atoms with Gasteiger partial charge in [-0.3, -0.25) is 14.6 Å². The van der Waals surface area contributed by atoms with Gasteiger partial charge in [0.2, 0.25) is 0 Å². The number of carbonyl (C=O) groups excluding carboxylic acids is 1. The highest BCUT2D eigenvalue weighted by atomic mass is 35.5. The standard InChI is InChI=1S/C19H15ClN4O2/c20-17-8-2-1-6-15(17)13-24-10-4-7-16(19(24)26)18(25)23-22-12-14-5-3-9-21-11-14/h1-12H,13H2,(H,23,25)/b22-12-. The van der Waals surface area contributed by atoms with Gasteiger partial charge in [-0.15, -0.1) is 0 Å². The Hall–Kier alpha value is -3.25. The van der Waals surface area contributed by atoms with Gasteiger partial charge in [0.25, 0.3) is 11.5 Å². The lowest BCUT2D eigenvalue weighted by Crippen LogP contribution is -2.31. The van der Waals surface area contributed by atoms with Crippen molar-refractivity contribution in [2.45, 2.75) is 6.54 Å². The van der Waals surface area contributed by atoms with Crippen LogP contribution in [0, 0.1) is 0 Å². The van der Waals surface area contributed by atoms with Crippen LogP contribution in [0.15, 0.2) is 77.0 Å². The summed E-state index contributed by atoms with van der Waals surface area (Å²) in [4.78, 5) is 28.7. The van der Waals surface area contributed by atoms with Gasteiger partial charge >= 0.3 is 0 Å². The number of halogens is 1. The average Bonchev–Trinajstić information content (AvgIpc) is 2.66. The summed E-state index contributed by atoms with van der Waals surface area (Å²) in [6, 6.07) is 13.9. The minimum atomic E-state index is -0.580. The summed E-state index contributed by atoms with van der Waals surface area (Å²) in [5, 5.41) is 4.42. The largest absolute Gasteiger partial charge is 0.310 e. The Kier molecular flexibility index (Phi) is 5.56. The molecule has 7 heteroatoms. The van der Waals surface area contributed by atoms with E-state index in [0.29, 0.717) is 5.02 Å². The molecule has 6 nitrogen and oxygen atoms in total. The van der Waals surface area contributed by atoms with E-state index < -0.39 is 11.5 Å². The highest BCUT2D eigenvalue weighted by molar-refractivity contribution is 6.31. The summed E-state index contributed by atoms with van der Waals surface area (Å²) < 4.78 is 1.43. The molecule has 0 unspecified atom stereocenters. The zero-order valence-corrected chi connectivity index (χ0v) is 14.4. The number of hydrogen-bond acceptors (Lipinski definition) is 4. The first kappa shape index (κ1) is 17.6. The number of pyridine rings is 2. The zero-order chi connectivity index (χ0) is 18.4. The van der Waals surface area contributed by atoms with Crippen LogP contribution in [0.4, 0.5) is 0 Å². The Labute approximate surface area is 154 Å². The first-order valence-corrected chi connectivity index (χ1v) is 8.19. The lowest BCUT2D eigenvalue weighted by molar-refractivity contribution is 0.0953. The maximum Gasteiger partial charge on any atom is 0.276 e. The van der Waals surface area contributed by atoms with Crippen LogP contribution in [0.5, 0.6) is 0 Å².